The second-order valence-electron chi connectivity index (χ2n) is 6.14. The normalized spacial score (nSPS) is 10.6. The van der Waals surface area contributed by atoms with Crippen LogP contribution in [0.3, 0.4) is 0 Å². The number of ether oxygens (including phenoxy) is 1. The van der Waals surface area contributed by atoms with Gasteiger partial charge in [0.05, 0.1) is 24.6 Å². The number of nitrogens with one attached hydrogen (secondary N) is 2. The maximum absolute atomic E-state index is 12.7. The third kappa shape index (κ3) is 3.94. The van der Waals surface area contributed by atoms with Gasteiger partial charge in [-0.1, -0.05) is 30.3 Å². The molecule has 2 aromatic heterocycles. The van der Waals surface area contributed by atoms with Gasteiger partial charge in [-0.25, -0.2) is 4.98 Å². The van der Waals surface area contributed by atoms with Gasteiger partial charge in [0.15, 0.2) is 5.13 Å². The van der Waals surface area contributed by atoms with Crippen LogP contribution in [0.1, 0.15) is 20.8 Å². The lowest BCUT2D eigenvalue weighted by Gasteiger charge is -2.05. The molecule has 4 aromatic rings. The van der Waals surface area contributed by atoms with Crippen LogP contribution in [0, 0.1) is 0 Å². The Kier molecular flexibility index (Phi) is 5.16. The minimum Gasteiger partial charge on any atom is -0.497 e. The van der Waals surface area contributed by atoms with Crippen LogP contribution in [-0.2, 0) is 6.42 Å². The number of anilines is 1. The fraction of sp³-hybridized carbons (Fsp3) is 0.0952. The highest BCUT2D eigenvalue weighted by Crippen LogP contribution is 2.26. The first-order valence-electron chi connectivity index (χ1n) is 8.70. The molecule has 2 N–H and O–H groups in total. The van der Waals surface area contributed by atoms with Crippen LogP contribution in [0.5, 0.6) is 5.75 Å². The molecule has 0 saturated heterocycles. The van der Waals surface area contributed by atoms with Crippen LogP contribution in [0.4, 0.5) is 5.13 Å². The summed E-state index contributed by atoms with van der Waals surface area (Å²) < 4.78 is 5.18. The van der Waals surface area contributed by atoms with Gasteiger partial charge < -0.3 is 4.74 Å². The largest absolute Gasteiger partial charge is 0.497 e. The lowest BCUT2D eigenvalue weighted by molar-refractivity contribution is 0.102. The minimum atomic E-state index is -0.250. The van der Waals surface area contributed by atoms with Crippen molar-refractivity contribution in [3.63, 3.8) is 0 Å². The summed E-state index contributed by atoms with van der Waals surface area (Å²) in [5, 5.41) is 10.4. The highest BCUT2D eigenvalue weighted by atomic mass is 32.1. The van der Waals surface area contributed by atoms with E-state index in [0.717, 1.165) is 22.6 Å². The molecule has 0 unspecified atom stereocenters. The zero-order chi connectivity index (χ0) is 19.3. The molecule has 0 fully saturated rings. The number of rotatable bonds is 6. The van der Waals surface area contributed by atoms with Gasteiger partial charge in [0, 0.05) is 23.1 Å². The summed E-state index contributed by atoms with van der Waals surface area (Å²) in [6, 6.07) is 17.6. The Morgan fingerprint density at radius 3 is 2.64 bits per heavy atom. The predicted octanol–water partition coefficient (Wildman–Crippen LogP) is 4.38. The summed E-state index contributed by atoms with van der Waals surface area (Å²) in [4.78, 5) is 18.1. The van der Waals surface area contributed by atoms with Crippen LogP contribution >= 0.6 is 11.3 Å². The molecule has 0 aliphatic heterocycles. The maximum atomic E-state index is 12.7. The van der Waals surface area contributed by atoms with E-state index in [0.29, 0.717) is 16.4 Å². The van der Waals surface area contributed by atoms with Crippen molar-refractivity contribution in [2.24, 2.45) is 0 Å². The first kappa shape index (κ1) is 17.9. The van der Waals surface area contributed by atoms with E-state index >= 15 is 0 Å². The van der Waals surface area contributed by atoms with E-state index < -0.39 is 0 Å². The molecular weight excluding hydrogens is 372 g/mol. The Hall–Kier alpha value is -3.45. The maximum Gasteiger partial charge on any atom is 0.261 e. The summed E-state index contributed by atoms with van der Waals surface area (Å²) >= 11 is 1.47. The fourth-order valence-corrected chi connectivity index (χ4v) is 3.69. The summed E-state index contributed by atoms with van der Waals surface area (Å²) in [5.74, 6) is 0.503. The molecular formula is C21H18N4O2S. The lowest BCUT2D eigenvalue weighted by Crippen LogP contribution is -2.11. The molecule has 1 amide bonds. The standard InChI is InChI=1S/C21H18N4O2S/c1-27-16-9-7-15(8-10-16)19-18(13-23-25-19)20(26)24-21-22-12-17(28-21)11-14-5-3-2-4-6-14/h2-10,12-13H,11H2,1H3,(H,23,25)(H,22,24,26). The Balaban J connectivity index is 1.48. The number of carbonyl (C=O) groups is 1. The SMILES string of the molecule is COc1ccc(-c2[nH]ncc2C(=O)Nc2ncc(Cc3ccccc3)s2)cc1. The third-order valence-corrected chi connectivity index (χ3v) is 5.17. The quantitative estimate of drug-likeness (QED) is 0.512. The van der Waals surface area contributed by atoms with E-state index in [2.05, 4.69) is 32.6 Å². The molecule has 28 heavy (non-hydrogen) atoms. The molecule has 0 aliphatic rings. The number of hydrogen-bond acceptors (Lipinski definition) is 5. The van der Waals surface area contributed by atoms with Crippen molar-refractivity contribution in [1.82, 2.24) is 15.2 Å². The van der Waals surface area contributed by atoms with Gasteiger partial charge in [-0.15, -0.1) is 11.3 Å². The zero-order valence-corrected chi connectivity index (χ0v) is 16.0. The molecule has 0 atom stereocenters. The number of carbonyl (C=O) groups excluding carboxylic acids is 1. The first-order chi connectivity index (χ1) is 13.7. The summed E-state index contributed by atoms with van der Waals surface area (Å²) in [5.41, 5.74) is 3.18. The number of aromatic nitrogens is 3. The van der Waals surface area contributed by atoms with Crippen LogP contribution in [0.25, 0.3) is 11.3 Å². The van der Waals surface area contributed by atoms with Crippen LogP contribution in [0.15, 0.2) is 67.0 Å². The molecule has 0 saturated carbocycles. The number of hydrogen-bond donors (Lipinski definition) is 2. The van der Waals surface area contributed by atoms with Crippen molar-refractivity contribution >= 4 is 22.4 Å². The molecule has 7 heteroatoms. The predicted molar refractivity (Wildman–Crippen MR) is 110 cm³/mol. The summed E-state index contributed by atoms with van der Waals surface area (Å²) in [6.45, 7) is 0. The van der Waals surface area contributed by atoms with E-state index in [1.165, 1.54) is 23.1 Å². The molecule has 0 aliphatic carbocycles. The molecule has 6 nitrogen and oxygen atoms in total. The fourth-order valence-electron chi connectivity index (χ4n) is 2.84. The van der Waals surface area contributed by atoms with Gasteiger partial charge >= 0.3 is 0 Å². The molecule has 0 spiro atoms. The Morgan fingerprint density at radius 1 is 1.11 bits per heavy atom. The highest BCUT2D eigenvalue weighted by Gasteiger charge is 2.17. The van der Waals surface area contributed by atoms with E-state index in [9.17, 15) is 4.79 Å². The average molecular weight is 390 g/mol. The van der Waals surface area contributed by atoms with E-state index in [1.54, 1.807) is 13.3 Å². The smallest absolute Gasteiger partial charge is 0.261 e. The van der Waals surface area contributed by atoms with Gasteiger partial charge in [0.2, 0.25) is 0 Å². The summed E-state index contributed by atoms with van der Waals surface area (Å²) in [7, 11) is 1.62. The van der Waals surface area contributed by atoms with Crippen molar-refractivity contribution in [3.8, 4) is 17.0 Å². The van der Waals surface area contributed by atoms with Crippen molar-refractivity contribution in [1.29, 1.82) is 0 Å². The Bertz CT molecular complexity index is 1070. The Morgan fingerprint density at radius 2 is 1.89 bits per heavy atom. The zero-order valence-electron chi connectivity index (χ0n) is 15.2. The van der Waals surface area contributed by atoms with E-state index in [4.69, 9.17) is 4.74 Å². The molecule has 0 radical (unpaired) electrons. The van der Waals surface area contributed by atoms with Crippen LogP contribution in [-0.4, -0.2) is 28.2 Å². The molecule has 4 rings (SSSR count). The molecule has 2 heterocycles. The number of benzene rings is 2. The second-order valence-corrected chi connectivity index (χ2v) is 7.25. The van der Waals surface area contributed by atoms with Crippen molar-refractivity contribution in [2.45, 2.75) is 6.42 Å². The van der Waals surface area contributed by atoms with Crippen LogP contribution in [0.2, 0.25) is 0 Å². The molecule has 140 valence electrons. The highest BCUT2D eigenvalue weighted by molar-refractivity contribution is 7.15. The summed E-state index contributed by atoms with van der Waals surface area (Å²) in [6.07, 6.45) is 4.11. The molecule has 2 aromatic carbocycles. The Labute approximate surface area is 166 Å². The average Bonchev–Trinajstić information content (AvgIpc) is 3.38. The monoisotopic (exact) mass is 390 g/mol. The number of methoxy groups -OCH3 is 1. The second kappa shape index (κ2) is 8.06. The van der Waals surface area contributed by atoms with Gasteiger partial charge in [-0.3, -0.25) is 15.2 Å². The number of H-pyrrole nitrogens is 1. The van der Waals surface area contributed by atoms with Gasteiger partial charge in [0.1, 0.15) is 5.75 Å². The van der Waals surface area contributed by atoms with Gasteiger partial charge in [0.25, 0.3) is 5.91 Å². The van der Waals surface area contributed by atoms with Gasteiger partial charge in [-0.05, 0) is 29.8 Å². The number of nitrogens with zero attached hydrogens (tertiary/aromatic N) is 2. The van der Waals surface area contributed by atoms with Crippen molar-refractivity contribution < 1.29 is 9.53 Å². The topological polar surface area (TPSA) is 79.9 Å². The third-order valence-electron chi connectivity index (χ3n) is 4.26. The van der Waals surface area contributed by atoms with Crippen LogP contribution < -0.4 is 10.1 Å². The first-order valence-corrected chi connectivity index (χ1v) is 9.52. The van der Waals surface area contributed by atoms with E-state index in [-0.39, 0.29) is 5.91 Å². The lowest BCUT2D eigenvalue weighted by atomic mass is 10.1. The number of thiazole rings is 1. The number of aromatic amines is 1. The molecule has 0 bridgehead atoms. The van der Waals surface area contributed by atoms with Crippen molar-refractivity contribution in [3.05, 3.63) is 83.0 Å². The van der Waals surface area contributed by atoms with Gasteiger partial charge in [-0.2, -0.15) is 5.10 Å². The van der Waals surface area contributed by atoms with E-state index in [1.807, 2.05) is 42.5 Å². The van der Waals surface area contributed by atoms with Crippen molar-refractivity contribution in [2.75, 3.05) is 12.4 Å². The minimum absolute atomic E-state index is 0.250. The number of amides is 1.